The second-order valence-electron chi connectivity index (χ2n) is 4.83. The van der Waals surface area contributed by atoms with E-state index in [0.29, 0.717) is 25.8 Å². The molecule has 86 valence electrons. The Labute approximate surface area is 86.8 Å². The Hall–Kier alpha value is -0.710. The number of carbonyl (C=O) groups is 1. The Bertz CT molecular complexity index is 271. The smallest absolute Gasteiger partial charge is 0.320 e. The highest BCUT2D eigenvalue weighted by Crippen LogP contribution is 2.47. The van der Waals surface area contributed by atoms with Gasteiger partial charge in [-0.1, -0.05) is 0 Å². The Morgan fingerprint density at radius 2 is 1.87 bits per heavy atom. The fourth-order valence-electron chi connectivity index (χ4n) is 2.62. The number of hydrogen-bond donors (Lipinski definition) is 2. The van der Waals surface area contributed by atoms with E-state index in [4.69, 9.17) is 5.11 Å². The molecule has 0 aromatic rings. The lowest BCUT2D eigenvalue weighted by Gasteiger charge is -2.36. The SMILES string of the molecule is O=C(O)C1CC2(CCC(F)(F)CC2)CN1. The molecule has 1 saturated heterocycles. The summed E-state index contributed by atoms with van der Waals surface area (Å²) in [6.45, 7) is 0.569. The molecule has 2 aliphatic rings. The van der Waals surface area contributed by atoms with Gasteiger partial charge in [-0.25, -0.2) is 8.78 Å². The van der Waals surface area contributed by atoms with E-state index in [1.807, 2.05) is 0 Å². The summed E-state index contributed by atoms with van der Waals surface area (Å²) in [5, 5.41) is 11.7. The number of hydrogen-bond acceptors (Lipinski definition) is 2. The normalized spacial score (nSPS) is 33.1. The van der Waals surface area contributed by atoms with Crippen molar-refractivity contribution in [2.24, 2.45) is 5.41 Å². The average molecular weight is 219 g/mol. The molecule has 1 unspecified atom stereocenters. The van der Waals surface area contributed by atoms with E-state index in [2.05, 4.69) is 5.32 Å². The molecule has 2 fully saturated rings. The number of carboxylic acid groups (broad SMARTS) is 1. The Morgan fingerprint density at radius 1 is 1.27 bits per heavy atom. The number of rotatable bonds is 1. The number of carboxylic acids is 1. The molecular weight excluding hydrogens is 204 g/mol. The van der Waals surface area contributed by atoms with Crippen LogP contribution in [0.3, 0.4) is 0 Å². The standard InChI is InChI=1S/C10H15F2NO2/c11-10(12)3-1-9(2-4-10)5-7(8(14)15)13-6-9/h7,13H,1-6H2,(H,14,15). The van der Waals surface area contributed by atoms with Gasteiger partial charge in [-0.2, -0.15) is 0 Å². The van der Waals surface area contributed by atoms with Gasteiger partial charge in [0.25, 0.3) is 0 Å². The molecule has 2 rings (SSSR count). The molecule has 15 heavy (non-hydrogen) atoms. The topological polar surface area (TPSA) is 49.3 Å². The maximum atomic E-state index is 13.0. The van der Waals surface area contributed by atoms with E-state index in [0.717, 1.165) is 0 Å². The van der Waals surface area contributed by atoms with Crippen molar-refractivity contribution in [1.82, 2.24) is 5.32 Å². The van der Waals surface area contributed by atoms with Gasteiger partial charge in [-0.3, -0.25) is 4.79 Å². The van der Waals surface area contributed by atoms with Crippen LogP contribution in [0.1, 0.15) is 32.1 Å². The van der Waals surface area contributed by atoms with Crippen LogP contribution in [0, 0.1) is 5.41 Å². The zero-order chi connectivity index (χ0) is 11.1. The average Bonchev–Trinajstić information content (AvgIpc) is 2.56. The van der Waals surface area contributed by atoms with E-state index in [9.17, 15) is 13.6 Å². The van der Waals surface area contributed by atoms with Crippen molar-refractivity contribution in [2.45, 2.75) is 44.1 Å². The zero-order valence-electron chi connectivity index (χ0n) is 8.43. The predicted octanol–water partition coefficient (Wildman–Crippen LogP) is 1.63. The largest absolute Gasteiger partial charge is 0.480 e. The second kappa shape index (κ2) is 3.40. The van der Waals surface area contributed by atoms with Crippen LogP contribution < -0.4 is 5.32 Å². The first-order valence-corrected chi connectivity index (χ1v) is 5.27. The number of nitrogens with one attached hydrogen (secondary N) is 1. The molecule has 1 aliphatic heterocycles. The van der Waals surface area contributed by atoms with E-state index in [1.165, 1.54) is 0 Å². The van der Waals surface area contributed by atoms with Crippen molar-refractivity contribution in [2.75, 3.05) is 6.54 Å². The summed E-state index contributed by atoms with van der Waals surface area (Å²) in [6.07, 6.45) is 1.19. The molecule has 3 nitrogen and oxygen atoms in total. The van der Waals surface area contributed by atoms with Crippen LogP contribution in [0.4, 0.5) is 8.78 Å². The van der Waals surface area contributed by atoms with Crippen molar-refractivity contribution >= 4 is 5.97 Å². The third-order valence-corrected chi connectivity index (χ3v) is 3.70. The molecular formula is C10H15F2NO2. The lowest BCUT2D eigenvalue weighted by atomic mass is 9.71. The van der Waals surface area contributed by atoms with Crippen LogP contribution in [0.2, 0.25) is 0 Å². The molecule has 0 aromatic carbocycles. The van der Waals surface area contributed by atoms with Crippen LogP contribution in [-0.4, -0.2) is 29.6 Å². The van der Waals surface area contributed by atoms with Gasteiger partial charge >= 0.3 is 5.97 Å². The fraction of sp³-hybridized carbons (Fsp3) is 0.900. The van der Waals surface area contributed by atoms with Crippen molar-refractivity contribution in [3.05, 3.63) is 0 Å². The zero-order valence-corrected chi connectivity index (χ0v) is 8.43. The van der Waals surface area contributed by atoms with Crippen molar-refractivity contribution in [1.29, 1.82) is 0 Å². The first-order chi connectivity index (χ1) is 6.93. The van der Waals surface area contributed by atoms with Crippen LogP contribution in [0.15, 0.2) is 0 Å². The number of alkyl halides is 2. The number of aliphatic carboxylic acids is 1. The summed E-state index contributed by atoms with van der Waals surface area (Å²) in [4.78, 5) is 10.7. The highest BCUT2D eigenvalue weighted by atomic mass is 19.3. The summed E-state index contributed by atoms with van der Waals surface area (Å²) in [5.41, 5.74) is -0.190. The van der Waals surface area contributed by atoms with Crippen molar-refractivity contribution in [3.63, 3.8) is 0 Å². The van der Waals surface area contributed by atoms with Gasteiger partial charge in [0, 0.05) is 19.4 Å². The summed E-state index contributed by atoms with van der Waals surface area (Å²) in [5.74, 6) is -3.41. The lowest BCUT2D eigenvalue weighted by molar-refractivity contribution is -0.139. The van der Waals surface area contributed by atoms with Gasteiger partial charge in [0.1, 0.15) is 6.04 Å². The molecule has 5 heteroatoms. The molecule has 2 N–H and O–H groups in total. The predicted molar refractivity (Wildman–Crippen MR) is 49.9 cm³/mol. The minimum absolute atomic E-state index is 0.0962. The van der Waals surface area contributed by atoms with E-state index in [1.54, 1.807) is 0 Å². The van der Waals surface area contributed by atoms with Crippen molar-refractivity contribution < 1.29 is 18.7 Å². The Morgan fingerprint density at radius 3 is 2.33 bits per heavy atom. The van der Waals surface area contributed by atoms with Gasteiger partial charge in [0.2, 0.25) is 5.92 Å². The van der Waals surface area contributed by atoms with Crippen LogP contribution in [-0.2, 0) is 4.79 Å². The molecule has 1 heterocycles. The second-order valence-corrected chi connectivity index (χ2v) is 4.83. The summed E-state index contributed by atoms with van der Waals surface area (Å²) < 4.78 is 25.9. The van der Waals surface area contributed by atoms with E-state index in [-0.39, 0.29) is 18.3 Å². The molecule has 0 radical (unpaired) electrons. The molecule has 1 aliphatic carbocycles. The van der Waals surface area contributed by atoms with Gasteiger partial charge in [-0.15, -0.1) is 0 Å². The van der Waals surface area contributed by atoms with Crippen LogP contribution >= 0.6 is 0 Å². The first kappa shape index (κ1) is 10.8. The lowest BCUT2D eigenvalue weighted by Crippen LogP contribution is -2.34. The van der Waals surface area contributed by atoms with E-state index < -0.39 is 17.9 Å². The molecule has 1 saturated carbocycles. The monoisotopic (exact) mass is 219 g/mol. The summed E-state index contributed by atoms with van der Waals surface area (Å²) in [6, 6.07) is -0.545. The van der Waals surface area contributed by atoms with Gasteiger partial charge in [-0.05, 0) is 24.7 Å². The minimum atomic E-state index is -2.54. The van der Waals surface area contributed by atoms with Gasteiger partial charge < -0.3 is 10.4 Å². The maximum Gasteiger partial charge on any atom is 0.320 e. The molecule has 0 aromatic heterocycles. The Balaban J connectivity index is 1.98. The minimum Gasteiger partial charge on any atom is -0.480 e. The Kier molecular flexibility index (Phi) is 2.45. The maximum absolute atomic E-state index is 13.0. The quantitative estimate of drug-likeness (QED) is 0.704. The van der Waals surface area contributed by atoms with Crippen LogP contribution in [0.25, 0.3) is 0 Å². The summed E-state index contributed by atoms with van der Waals surface area (Å²) >= 11 is 0. The van der Waals surface area contributed by atoms with Gasteiger partial charge in [0.05, 0.1) is 0 Å². The van der Waals surface area contributed by atoms with Crippen LogP contribution in [0.5, 0.6) is 0 Å². The molecule has 1 spiro atoms. The van der Waals surface area contributed by atoms with Crippen molar-refractivity contribution in [3.8, 4) is 0 Å². The third-order valence-electron chi connectivity index (χ3n) is 3.70. The molecule has 0 bridgehead atoms. The molecule has 1 atom stereocenters. The van der Waals surface area contributed by atoms with E-state index >= 15 is 0 Å². The first-order valence-electron chi connectivity index (χ1n) is 5.27. The van der Waals surface area contributed by atoms with Gasteiger partial charge in [0.15, 0.2) is 0 Å². The third kappa shape index (κ3) is 2.12. The number of halogens is 2. The fourth-order valence-corrected chi connectivity index (χ4v) is 2.62. The highest BCUT2D eigenvalue weighted by molar-refractivity contribution is 5.74. The summed E-state index contributed by atoms with van der Waals surface area (Å²) in [7, 11) is 0. The highest BCUT2D eigenvalue weighted by Gasteiger charge is 2.48. The molecule has 0 amide bonds.